The van der Waals surface area contributed by atoms with Crippen molar-refractivity contribution in [3.63, 3.8) is 0 Å². The van der Waals surface area contributed by atoms with Crippen LogP contribution in [0.2, 0.25) is 0 Å². The fourth-order valence-corrected chi connectivity index (χ4v) is 5.38. The van der Waals surface area contributed by atoms with Crippen LogP contribution in [-0.4, -0.2) is 10.2 Å². The Bertz CT molecular complexity index is 856. The van der Waals surface area contributed by atoms with Gasteiger partial charge in [0.2, 0.25) is 0 Å². The van der Waals surface area contributed by atoms with Gasteiger partial charge in [0.1, 0.15) is 16.7 Å². The lowest BCUT2D eigenvalue weighted by Gasteiger charge is -2.12. The number of carbonyl (C=O) groups is 1. The molecule has 1 N–H and O–H groups in total. The molecular weight excluding hydrogens is 580 g/mol. The van der Waals surface area contributed by atoms with Crippen LogP contribution in [0.5, 0.6) is 5.75 Å². The molecule has 0 aromatic heterocycles. The maximum absolute atomic E-state index is 11.8. The van der Waals surface area contributed by atoms with Crippen molar-refractivity contribution in [2.75, 3.05) is 0 Å². The highest BCUT2D eigenvalue weighted by Crippen LogP contribution is 2.32. The van der Waals surface area contributed by atoms with E-state index in [-0.39, 0.29) is 5.91 Å². The monoisotopic (exact) mass is 593 g/mol. The van der Waals surface area contributed by atoms with E-state index in [2.05, 4.69) is 81.7 Å². The number of hydrogen-bond acceptors (Lipinski definition) is 4. The maximum Gasteiger partial charge on any atom is 0.263 e. The van der Waals surface area contributed by atoms with Gasteiger partial charge in [0.25, 0.3) is 5.91 Å². The highest BCUT2D eigenvalue weighted by Gasteiger charge is 2.22. The first-order valence-electron chi connectivity index (χ1n) is 7.34. The van der Waals surface area contributed by atoms with Crippen molar-refractivity contribution in [3.05, 3.63) is 65.1 Å². The summed E-state index contributed by atoms with van der Waals surface area (Å²) < 4.78 is 8.53. The highest BCUT2D eigenvalue weighted by molar-refractivity contribution is 14.1. The molecule has 3 rings (SSSR count). The van der Waals surface area contributed by atoms with Crippen LogP contribution >= 0.6 is 69.2 Å². The van der Waals surface area contributed by atoms with E-state index < -0.39 is 0 Å². The van der Waals surface area contributed by atoms with Crippen molar-refractivity contribution in [3.8, 4) is 5.75 Å². The van der Waals surface area contributed by atoms with Crippen LogP contribution in [0.3, 0.4) is 0 Å². The molecule has 0 aliphatic carbocycles. The minimum Gasteiger partial charge on any atom is -0.487 e. The maximum atomic E-state index is 11.8. The van der Waals surface area contributed by atoms with Gasteiger partial charge in [-0.1, -0.05) is 53.8 Å². The molecule has 1 fully saturated rings. The fourth-order valence-electron chi connectivity index (χ4n) is 2.21. The summed E-state index contributed by atoms with van der Waals surface area (Å²) in [4.78, 5) is 12.4. The third-order valence-corrected chi connectivity index (χ3v) is 6.23. The Balaban J connectivity index is 1.78. The van der Waals surface area contributed by atoms with Gasteiger partial charge in [-0.05, 0) is 81.4 Å². The van der Waals surface area contributed by atoms with E-state index in [9.17, 15) is 4.79 Å². The normalized spacial score (nSPS) is 15.6. The van der Waals surface area contributed by atoms with Gasteiger partial charge in [-0.25, -0.2) is 0 Å². The Morgan fingerprint density at radius 2 is 1.84 bits per heavy atom. The van der Waals surface area contributed by atoms with Crippen LogP contribution in [0.15, 0.2) is 41.3 Å². The van der Waals surface area contributed by atoms with Crippen LogP contribution < -0.4 is 10.1 Å². The molecule has 0 unspecified atom stereocenters. The zero-order valence-corrected chi connectivity index (χ0v) is 19.1. The SMILES string of the molecule is Cc1ccc(COc2c(I)cc(/C=C3\SC(=S)NC3=O)cc2I)cc1. The molecule has 2 aromatic rings. The second kappa shape index (κ2) is 8.36. The quantitative estimate of drug-likeness (QED) is 0.298. The molecule has 7 heteroatoms. The summed E-state index contributed by atoms with van der Waals surface area (Å²) in [7, 11) is 0. The van der Waals surface area contributed by atoms with Gasteiger partial charge in [0.05, 0.1) is 12.0 Å². The van der Waals surface area contributed by atoms with Gasteiger partial charge in [0, 0.05) is 0 Å². The van der Waals surface area contributed by atoms with Gasteiger partial charge in [-0.15, -0.1) is 0 Å². The van der Waals surface area contributed by atoms with Crippen molar-refractivity contribution in [2.24, 2.45) is 0 Å². The van der Waals surface area contributed by atoms with Gasteiger partial charge in [-0.3, -0.25) is 4.79 Å². The molecule has 0 atom stereocenters. The molecule has 2 aromatic carbocycles. The van der Waals surface area contributed by atoms with E-state index in [1.54, 1.807) is 0 Å². The Labute approximate surface area is 183 Å². The number of amides is 1. The van der Waals surface area contributed by atoms with Crippen molar-refractivity contribution in [2.45, 2.75) is 13.5 Å². The van der Waals surface area contributed by atoms with Gasteiger partial charge >= 0.3 is 0 Å². The summed E-state index contributed by atoms with van der Waals surface area (Å²) >= 11 is 10.8. The van der Waals surface area contributed by atoms with Crippen LogP contribution in [0.25, 0.3) is 6.08 Å². The molecule has 0 bridgehead atoms. The molecule has 1 aliphatic rings. The second-order valence-corrected chi connectivity index (χ2v) is 9.48. The lowest BCUT2D eigenvalue weighted by molar-refractivity contribution is -0.115. The van der Waals surface area contributed by atoms with Crippen molar-refractivity contribution >= 4 is 85.5 Å². The summed E-state index contributed by atoms with van der Waals surface area (Å²) in [6.07, 6.45) is 1.85. The van der Waals surface area contributed by atoms with Crippen molar-refractivity contribution in [1.82, 2.24) is 5.32 Å². The average molecular weight is 593 g/mol. The Morgan fingerprint density at radius 1 is 1.20 bits per heavy atom. The van der Waals surface area contributed by atoms with Crippen molar-refractivity contribution < 1.29 is 9.53 Å². The summed E-state index contributed by atoms with van der Waals surface area (Å²) in [5, 5.41) is 2.63. The zero-order chi connectivity index (χ0) is 18.0. The zero-order valence-electron chi connectivity index (χ0n) is 13.1. The summed E-state index contributed by atoms with van der Waals surface area (Å²) in [5.74, 6) is 0.725. The molecule has 0 radical (unpaired) electrons. The average Bonchev–Trinajstić information content (AvgIpc) is 2.86. The number of rotatable bonds is 4. The third kappa shape index (κ3) is 4.95. The largest absolute Gasteiger partial charge is 0.487 e. The molecule has 3 nitrogen and oxygen atoms in total. The fraction of sp³-hybridized carbons (Fsp3) is 0.111. The molecule has 0 spiro atoms. The van der Waals surface area contributed by atoms with Crippen LogP contribution in [0.1, 0.15) is 16.7 Å². The van der Waals surface area contributed by atoms with Gasteiger partial charge in [0.15, 0.2) is 0 Å². The number of benzene rings is 2. The van der Waals surface area contributed by atoms with Crippen molar-refractivity contribution in [1.29, 1.82) is 0 Å². The summed E-state index contributed by atoms with van der Waals surface area (Å²) in [6, 6.07) is 12.3. The van der Waals surface area contributed by atoms with Gasteiger partial charge in [-0.2, -0.15) is 0 Å². The predicted molar refractivity (Wildman–Crippen MR) is 124 cm³/mol. The van der Waals surface area contributed by atoms with Gasteiger partial charge < -0.3 is 10.1 Å². The van der Waals surface area contributed by atoms with E-state index >= 15 is 0 Å². The van der Waals surface area contributed by atoms with E-state index in [1.807, 2.05) is 18.2 Å². The number of halogens is 2. The minimum atomic E-state index is -0.139. The number of ether oxygens (including phenoxy) is 1. The molecule has 1 aliphatic heterocycles. The first-order chi connectivity index (χ1) is 11.9. The Morgan fingerprint density at radius 3 is 2.40 bits per heavy atom. The lowest BCUT2D eigenvalue weighted by Crippen LogP contribution is -2.17. The van der Waals surface area contributed by atoms with Crippen LogP contribution in [0, 0.1) is 14.1 Å². The predicted octanol–water partition coefficient (Wildman–Crippen LogP) is 5.27. The first kappa shape index (κ1) is 19.1. The molecular formula is C18H13I2NO2S2. The molecule has 1 amide bonds. The number of nitrogens with one attached hydrogen (secondary N) is 1. The second-order valence-electron chi connectivity index (χ2n) is 5.44. The number of thiocarbonyl (C=S) groups is 1. The number of aryl methyl sites for hydroxylation is 1. The molecule has 1 heterocycles. The van der Waals surface area contributed by atoms with Crippen LogP contribution in [-0.2, 0) is 11.4 Å². The highest BCUT2D eigenvalue weighted by atomic mass is 127. The number of carbonyl (C=O) groups excluding carboxylic acids is 1. The molecule has 0 saturated carbocycles. The van der Waals surface area contributed by atoms with E-state index in [1.165, 1.54) is 17.3 Å². The molecule has 128 valence electrons. The topological polar surface area (TPSA) is 38.3 Å². The minimum absolute atomic E-state index is 0.139. The van der Waals surface area contributed by atoms with E-state index in [4.69, 9.17) is 17.0 Å². The Hall–Kier alpha value is -0.650. The number of thioether (sulfide) groups is 1. The smallest absolute Gasteiger partial charge is 0.263 e. The summed E-state index contributed by atoms with van der Waals surface area (Å²) in [5.41, 5.74) is 3.33. The van der Waals surface area contributed by atoms with Crippen LogP contribution in [0.4, 0.5) is 0 Å². The number of hydrogen-bond donors (Lipinski definition) is 1. The van der Waals surface area contributed by atoms with E-state index in [0.717, 1.165) is 24.0 Å². The van der Waals surface area contributed by atoms with E-state index in [0.29, 0.717) is 15.8 Å². The lowest BCUT2D eigenvalue weighted by atomic mass is 10.1. The standard InChI is InChI=1S/C18H13I2NO2S2/c1-10-2-4-11(5-3-10)9-23-16-13(19)6-12(7-14(16)20)8-15-17(22)21-18(24)25-15/h2-8H,9H2,1H3,(H,21,22,24)/b15-8-. The molecule has 25 heavy (non-hydrogen) atoms. The Kier molecular flexibility index (Phi) is 6.39. The first-order valence-corrected chi connectivity index (χ1v) is 10.7. The third-order valence-electron chi connectivity index (χ3n) is 3.46. The summed E-state index contributed by atoms with van der Waals surface area (Å²) in [6.45, 7) is 2.60. The molecule has 1 saturated heterocycles.